The Hall–Kier alpha value is -1.84. The number of nitrogens with one attached hydrogen (secondary N) is 1. The normalized spacial score (nSPS) is 19.8. The second-order valence-corrected chi connectivity index (χ2v) is 5.64. The van der Waals surface area contributed by atoms with Crippen LogP contribution in [0.3, 0.4) is 0 Å². The van der Waals surface area contributed by atoms with Gasteiger partial charge in [0.1, 0.15) is 12.7 Å². The second-order valence-electron chi connectivity index (χ2n) is 5.64. The number of carbonyl (C=O) groups excluding carboxylic acids is 2. The summed E-state index contributed by atoms with van der Waals surface area (Å²) in [5.74, 6) is -0.201. The van der Waals surface area contributed by atoms with Crippen molar-refractivity contribution < 1.29 is 9.59 Å². The number of nitrogens with zero attached hydrogens (tertiary/aromatic N) is 1. The van der Waals surface area contributed by atoms with E-state index in [1.54, 1.807) is 17.0 Å². The minimum atomic E-state index is -0.252. The molecule has 1 aliphatic heterocycles. The summed E-state index contributed by atoms with van der Waals surface area (Å²) in [7, 11) is 0. The molecule has 0 spiro atoms. The van der Waals surface area contributed by atoms with Gasteiger partial charge >= 0.3 is 0 Å². The van der Waals surface area contributed by atoms with E-state index in [2.05, 4.69) is 5.32 Å². The molecule has 4 nitrogen and oxygen atoms in total. The highest BCUT2D eigenvalue weighted by atomic mass is 16.2. The molecule has 4 heteroatoms. The lowest BCUT2D eigenvalue weighted by molar-refractivity contribution is -0.118. The molecule has 2 amide bonds. The number of benzene rings is 1. The molecule has 0 radical (unpaired) electrons. The van der Waals surface area contributed by atoms with Gasteiger partial charge in [0.2, 0.25) is 5.91 Å². The van der Waals surface area contributed by atoms with Crippen molar-refractivity contribution in [3.05, 3.63) is 35.9 Å². The Morgan fingerprint density at radius 3 is 2.44 bits per heavy atom. The maximum absolute atomic E-state index is 12.4. The summed E-state index contributed by atoms with van der Waals surface area (Å²) in [6, 6.07) is 9.05. The van der Waals surface area contributed by atoms with Crippen LogP contribution in [0.25, 0.3) is 0 Å². The van der Waals surface area contributed by atoms with E-state index in [1.165, 1.54) is 0 Å². The molecule has 1 aromatic rings. The Bertz CT molecular complexity index is 462. The molecule has 1 N–H and O–H groups in total. The average molecular weight is 246 g/mol. The van der Waals surface area contributed by atoms with Crippen LogP contribution in [0.1, 0.15) is 31.1 Å². The van der Waals surface area contributed by atoms with Crippen molar-refractivity contribution in [2.24, 2.45) is 5.41 Å². The maximum Gasteiger partial charge on any atom is 0.255 e. The molecular weight excluding hydrogens is 228 g/mol. The molecule has 18 heavy (non-hydrogen) atoms. The molecule has 1 atom stereocenters. The fourth-order valence-corrected chi connectivity index (χ4v) is 2.14. The van der Waals surface area contributed by atoms with Gasteiger partial charge in [0, 0.05) is 11.0 Å². The highest BCUT2D eigenvalue weighted by Crippen LogP contribution is 2.26. The molecule has 1 aromatic carbocycles. The molecular formula is C14H18N2O2. The van der Waals surface area contributed by atoms with Crippen molar-refractivity contribution in [2.75, 3.05) is 6.54 Å². The van der Waals surface area contributed by atoms with Crippen LogP contribution in [0.5, 0.6) is 0 Å². The van der Waals surface area contributed by atoms with E-state index < -0.39 is 0 Å². The predicted octanol–water partition coefficient (Wildman–Crippen LogP) is 1.63. The lowest BCUT2D eigenvalue weighted by atomic mass is 9.91. The molecule has 2 rings (SSSR count). The standard InChI is InChI=1S/C14H18N2O2/c1-14(2,3)13-15-11(17)9-16(13)12(18)10-7-5-4-6-8-10/h4-8,13H,9H2,1-3H3,(H,15,17)/t13-/m0/s1. The fourth-order valence-electron chi connectivity index (χ4n) is 2.14. The highest BCUT2D eigenvalue weighted by molar-refractivity contribution is 5.98. The SMILES string of the molecule is CC(C)(C)[C@H]1NC(=O)CN1C(=O)c1ccccc1. The van der Waals surface area contributed by atoms with Crippen LogP contribution in [0.15, 0.2) is 30.3 Å². The summed E-state index contributed by atoms with van der Waals surface area (Å²) in [4.78, 5) is 25.5. The number of carbonyl (C=O) groups is 2. The molecule has 1 fully saturated rings. The van der Waals surface area contributed by atoms with Gasteiger partial charge in [-0.1, -0.05) is 39.0 Å². The Morgan fingerprint density at radius 1 is 1.28 bits per heavy atom. The van der Waals surface area contributed by atoms with E-state index >= 15 is 0 Å². The predicted molar refractivity (Wildman–Crippen MR) is 68.9 cm³/mol. The first kappa shape index (κ1) is 12.6. The number of rotatable bonds is 1. The largest absolute Gasteiger partial charge is 0.334 e. The van der Waals surface area contributed by atoms with Gasteiger partial charge in [-0.3, -0.25) is 9.59 Å². The zero-order chi connectivity index (χ0) is 13.3. The highest BCUT2D eigenvalue weighted by Gasteiger charge is 2.40. The van der Waals surface area contributed by atoms with Crippen molar-refractivity contribution >= 4 is 11.8 Å². The zero-order valence-corrected chi connectivity index (χ0v) is 10.9. The van der Waals surface area contributed by atoms with E-state index in [4.69, 9.17) is 0 Å². The van der Waals surface area contributed by atoms with Gasteiger partial charge in [0.05, 0.1) is 0 Å². The third kappa shape index (κ3) is 2.37. The lowest BCUT2D eigenvalue weighted by Gasteiger charge is -2.33. The molecule has 0 aliphatic carbocycles. The van der Waals surface area contributed by atoms with Crippen molar-refractivity contribution in [2.45, 2.75) is 26.9 Å². The van der Waals surface area contributed by atoms with Crippen molar-refractivity contribution in [1.29, 1.82) is 0 Å². The Morgan fingerprint density at radius 2 is 1.89 bits per heavy atom. The van der Waals surface area contributed by atoms with E-state index in [0.717, 1.165) is 0 Å². The Balaban J connectivity index is 2.27. The summed E-state index contributed by atoms with van der Waals surface area (Å²) >= 11 is 0. The van der Waals surface area contributed by atoms with E-state index in [-0.39, 0.29) is 29.9 Å². The summed E-state index contributed by atoms with van der Waals surface area (Å²) in [5, 5.41) is 2.86. The molecule has 1 aliphatic rings. The van der Waals surface area contributed by atoms with Crippen molar-refractivity contribution in [3.8, 4) is 0 Å². The summed E-state index contributed by atoms with van der Waals surface area (Å²) in [6.45, 7) is 6.16. The fraction of sp³-hybridized carbons (Fsp3) is 0.429. The molecule has 0 bridgehead atoms. The average Bonchev–Trinajstić information content (AvgIpc) is 2.71. The van der Waals surface area contributed by atoms with Crippen LogP contribution in [-0.2, 0) is 4.79 Å². The number of hydrogen-bond acceptors (Lipinski definition) is 2. The van der Waals surface area contributed by atoms with E-state index in [0.29, 0.717) is 5.56 Å². The van der Waals surface area contributed by atoms with Crippen molar-refractivity contribution in [3.63, 3.8) is 0 Å². The van der Waals surface area contributed by atoms with E-state index in [9.17, 15) is 9.59 Å². The van der Waals surface area contributed by atoms with E-state index in [1.807, 2.05) is 39.0 Å². The molecule has 1 saturated heterocycles. The minimum absolute atomic E-state index is 0.0980. The van der Waals surface area contributed by atoms with Gasteiger partial charge < -0.3 is 10.2 Å². The van der Waals surface area contributed by atoms with Crippen LogP contribution in [0, 0.1) is 5.41 Å². The molecule has 0 unspecified atom stereocenters. The first-order valence-corrected chi connectivity index (χ1v) is 6.05. The monoisotopic (exact) mass is 246 g/mol. The first-order chi connectivity index (χ1) is 8.39. The minimum Gasteiger partial charge on any atom is -0.334 e. The smallest absolute Gasteiger partial charge is 0.255 e. The van der Waals surface area contributed by atoms with Crippen LogP contribution < -0.4 is 5.32 Å². The van der Waals surface area contributed by atoms with Gasteiger partial charge in [-0.15, -0.1) is 0 Å². The van der Waals surface area contributed by atoms with Gasteiger partial charge in [0.25, 0.3) is 5.91 Å². The number of amides is 2. The summed E-state index contributed by atoms with van der Waals surface area (Å²) < 4.78 is 0. The van der Waals surface area contributed by atoms with Crippen LogP contribution in [-0.4, -0.2) is 29.4 Å². The topological polar surface area (TPSA) is 49.4 Å². The summed E-state index contributed by atoms with van der Waals surface area (Å²) in [6.07, 6.45) is -0.252. The zero-order valence-electron chi connectivity index (χ0n) is 10.9. The summed E-state index contributed by atoms with van der Waals surface area (Å²) in [5.41, 5.74) is 0.430. The van der Waals surface area contributed by atoms with Crippen LogP contribution >= 0.6 is 0 Å². The first-order valence-electron chi connectivity index (χ1n) is 6.05. The second kappa shape index (κ2) is 4.44. The van der Waals surface area contributed by atoms with Crippen molar-refractivity contribution in [1.82, 2.24) is 10.2 Å². The van der Waals surface area contributed by atoms with Gasteiger partial charge in [0.15, 0.2) is 0 Å². The Labute approximate surface area is 107 Å². The van der Waals surface area contributed by atoms with Crippen LogP contribution in [0.2, 0.25) is 0 Å². The van der Waals surface area contributed by atoms with Gasteiger partial charge in [-0.05, 0) is 12.1 Å². The molecule has 0 saturated carbocycles. The third-order valence-electron chi connectivity index (χ3n) is 3.03. The molecule has 0 aromatic heterocycles. The Kier molecular flexibility index (Phi) is 3.11. The van der Waals surface area contributed by atoms with Gasteiger partial charge in [-0.25, -0.2) is 0 Å². The quantitative estimate of drug-likeness (QED) is 0.818. The number of hydrogen-bond donors (Lipinski definition) is 1. The van der Waals surface area contributed by atoms with Crippen LogP contribution in [0.4, 0.5) is 0 Å². The molecule has 96 valence electrons. The lowest BCUT2D eigenvalue weighted by Crippen LogP contribution is -2.48. The third-order valence-corrected chi connectivity index (χ3v) is 3.03. The van der Waals surface area contributed by atoms with Gasteiger partial charge in [-0.2, -0.15) is 0 Å². The maximum atomic E-state index is 12.4. The molecule has 1 heterocycles.